The molecule has 0 aliphatic carbocycles. The number of hydrogen-bond acceptors (Lipinski definition) is 3. The average molecular weight is 463 g/mol. The van der Waals surface area contributed by atoms with Crippen molar-refractivity contribution in [3.63, 3.8) is 0 Å². The standard InChI is InChI=1S/C19H13Br2NO3/c20-18(21)17-14(11-16(23)25-17)10-12-6-8-15(9-7-12)22-19(24)13-4-2-1-3-5-13/h1-9,11H,10H2,(H,22,24). The van der Waals surface area contributed by atoms with Gasteiger partial charge in [-0.05, 0) is 61.7 Å². The van der Waals surface area contributed by atoms with Crippen molar-refractivity contribution in [1.29, 1.82) is 0 Å². The number of rotatable bonds is 4. The minimum atomic E-state index is -0.381. The molecule has 0 atom stereocenters. The molecule has 1 N–H and O–H groups in total. The Balaban J connectivity index is 1.69. The molecule has 3 rings (SSSR count). The molecule has 1 heterocycles. The molecule has 2 aromatic carbocycles. The van der Waals surface area contributed by atoms with E-state index in [4.69, 9.17) is 4.74 Å². The molecule has 1 amide bonds. The first-order valence-corrected chi connectivity index (χ1v) is 9.05. The lowest BCUT2D eigenvalue weighted by Gasteiger charge is -2.08. The zero-order valence-electron chi connectivity index (χ0n) is 13.0. The van der Waals surface area contributed by atoms with Crippen LogP contribution >= 0.6 is 31.9 Å². The number of carbonyl (C=O) groups excluding carboxylic acids is 2. The van der Waals surface area contributed by atoms with Crippen LogP contribution in [-0.4, -0.2) is 11.9 Å². The number of esters is 1. The van der Waals surface area contributed by atoms with Gasteiger partial charge in [0.1, 0.15) is 3.39 Å². The van der Waals surface area contributed by atoms with Gasteiger partial charge < -0.3 is 10.1 Å². The van der Waals surface area contributed by atoms with E-state index in [1.165, 1.54) is 6.08 Å². The minimum Gasteiger partial charge on any atom is -0.421 e. The van der Waals surface area contributed by atoms with Crippen molar-refractivity contribution >= 4 is 49.4 Å². The maximum Gasteiger partial charge on any atom is 0.336 e. The summed E-state index contributed by atoms with van der Waals surface area (Å²) in [6, 6.07) is 16.5. The molecule has 0 aromatic heterocycles. The predicted octanol–water partition coefficient (Wildman–Crippen LogP) is 4.92. The molecule has 4 nitrogen and oxygen atoms in total. The highest BCUT2D eigenvalue weighted by atomic mass is 79.9. The molecule has 2 aromatic rings. The number of allylic oxidation sites excluding steroid dienone is 1. The first kappa shape index (κ1) is 17.6. The van der Waals surface area contributed by atoms with Crippen LogP contribution in [0, 0.1) is 0 Å². The summed E-state index contributed by atoms with van der Waals surface area (Å²) in [5, 5.41) is 2.86. The van der Waals surface area contributed by atoms with Crippen LogP contribution < -0.4 is 5.32 Å². The van der Waals surface area contributed by atoms with Crippen LogP contribution in [0.3, 0.4) is 0 Å². The van der Waals surface area contributed by atoms with Gasteiger partial charge in [0.05, 0.1) is 0 Å². The molecule has 25 heavy (non-hydrogen) atoms. The largest absolute Gasteiger partial charge is 0.421 e. The predicted molar refractivity (Wildman–Crippen MR) is 104 cm³/mol. The number of anilines is 1. The van der Waals surface area contributed by atoms with Gasteiger partial charge in [-0.25, -0.2) is 4.79 Å². The van der Waals surface area contributed by atoms with E-state index >= 15 is 0 Å². The fraction of sp³-hybridized carbons (Fsp3) is 0.0526. The maximum atomic E-state index is 12.1. The number of ether oxygens (including phenoxy) is 1. The quantitative estimate of drug-likeness (QED) is 0.656. The first-order valence-electron chi connectivity index (χ1n) is 7.46. The van der Waals surface area contributed by atoms with E-state index in [1.54, 1.807) is 12.1 Å². The van der Waals surface area contributed by atoms with Crippen LogP contribution in [0.5, 0.6) is 0 Å². The Morgan fingerprint density at radius 3 is 2.32 bits per heavy atom. The summed E-state index contributed by atoms with van der Waals surface area (Å²) >= 11 is 6.55. The summed E-state index contributed by atoms with van der Waals surface area (Å²) in [6.45, 7) is 0. The lowest BCUT2D eigenvalue weighted by Crippen LogP contribution is -2.11. The van der Waals surface area contributed by atoms with Crippen LogP contribution in [0.15, 0.2) is 75.4 Å². The molecule has 126 valence electrons. The third-order valence-corrected chi connectivity index (χ3v) is 4.32. The number of halogens is 2. The van der Waals surface area contributed by atoms with Crippen LogP contribution in [0.1, 0.15) is 15.9 Å². The molecule has 0 unspecified atom stereocenters. The number of hydrogen-bond donors (Lipinski definition) is 1. The summed E-state index contributed by atoms with van der Waals surface area (Å²) in [7, 11) is 0. The van der Waals surface area contributed by atoms with Crippen molar-refractivity contribution in [2.24, 2.45) is 0 Å². The zero-order chi connectivity index (χ0) is 17.8. The second-order valence-corrected chi connectivity index (χ2v) is 8.02. The molecule has 0 saturated carbocycles. The van der Waals surface area contributed by atoms with Gasteiger partial charge >= 0.3 is 5.97 Å². The van der Waals surface area contributed by atoms with Gasteiger partial charge in [0.2, 0.25) is 0 Å². The number of benzene rings is 2. The maximum absolute atomic E-state index is 12.1. The lowest BCUT2D eigenvalue weighted by molar-refractivity contribution is -0.132. The summed E-state index contributed by atoms with van der Waals surface area (Å²) < 4.78 is 5.73. The number of amides is 1. The van der Waals surface area contributed by atoms with Gasteiger partial charge in [-0.3, -0.25) is 4.79 Å². The SMILES string of the molecule is O=C1C=C(Cc2ccc(NC(=O)c3ccccc3)cc2)C(=C(Br)Br)O1. The topological polar surface area (TPSA) is 55.4 Å². The Hall–Kier alpha value is -2.18. The monoisotopic (exact) mass is 461 g/mol. The summed E-state index contributed by atoms with van der Waals surface area (Å²) in [6.07, 6.45) is 2.03. The smallest absolute Gasteiger partial charge is 0.336 e. The molecule has 0 radical (unpaired) electrons. The Morgan fingerprint density at radius 1 is 1.00 bits per heavy atom. The van der Waals surface area contributed by atoms with Crippen molar-refractivity contribution < 1.29 is 14.3 Å². The van der Waals surface area contributed by atoms with E-state index in [-0.39, 0.29) is 11.9 Å². The molecule has 0 spiro atoms. The van der Waals surface area contributed by atoms with Crippen molar-refractivity contribution in [1.82, 2.24) is 0 Å². The fourth-order valence-electron chi connectivity index (χ4n) is 2.41. The molecule has 1 aliphatic heterocycles. The second kappa shape index (κ2) is 7.80. The fourth-order valence-corrected chi connectivity index (χ4v) is 3.08. The number of nitrogens with one attached hydrogen (secondary N) is 1. The Bertz CT molecular complexity index is 867. The van der Waals surface area contributed by atoms with Gasteiger partial charge in [0.15, 0.2) is 5.76 Å². The number of cyclic esters (lactones) is 1. The van der Waals surface area contributed by atoms with E-state index in [9.17, 15) is 9.59 Å². The second-order valence-electron chi connectivity index (χ2n) is 5.37. The highest BCUT2D eigenvalue weighted by Crippen LogP contribution is 2.32. The summed E-state index contributed by atoms with van der Waals surface area (Å²) in [5.74, 6) is -0.0427. The van der Waals surface area contributed by atoms with Crippen LogP contribution in [0.25, 0.3) is 0 Å². The van der Waals surface area contributed by atoms with Gasteiger partial charge in [0, 0.05) is 29.3 Å². The summed E-state index contributed by atoms with van der Waals surface area (Å²) in [5.41, 5.74) is 3.11. The van der Waals surface area contributed by atoms with E-state index in [1.807, 2.05) is 42.5 Å². The van der Waals surface area contributed by atoms with E-state index in [0.717, 1.165) is 11.1 Å². The van der Waals surface area contributed by atoms with E-state index < -0.39 is 0 Å². The average Bonchev–Trinajstić information content (AvgIpc) is 2.98. The Morgan fingerprint density at radius 2 is 1.68 bits per heavy atom. The highest BCUT2D eigenvalue weighted by Gasteiger charge is 2.22. The molecule has 0 saturated heterocycles. The third-order valence-electron chi connectivity index (χ3n) is 3.60. The van der Waals surface area contributed by atoms with Gasteiger partial charge in [0.25, 0.3) is 5.91 Å². The van der Waals surface area contributed by atoms with Crippen LogP contribution in [0.2, 0.25) is 0 Å². The Labute approximate surface area is 161 Å². The Kier molecular flexibility index (Phi) is 5.50. The molecular formula is C19H13Br2NO3. The van der Waals surface area contributed by atoms with E-state index in [0.29, 0.717) is 26.8 Å². The van der Waals surface area contributed by atoms with Crippen LogP contribution in [0.4, 0.5) is 5.69 Å². The molecule has 1 aliphatic rings. The van der Waals surface area contributed by atoms with Gasteiger partial charge in [-0.1, -0.05) is 30.3 Å². The van der Waals surface area contributed by atoms with Crippen molar-refractivity contribution in [2.75, 3.05) is 5.32 Å². The summed E-state index contributed by atoms with van der Waals surface area (Å²) in [4.78, 5) is 23.6. The third kappa shape index (κ3) is 4.46. The molecule has 6 heteroatoms. The molecule has 0 bridgehead atoms. The van der Waals surface area contributed by atoms with Crippen molar-refractivity contribution in [3.8, 4) is 0 Å². The van der Waals surface area contributed by atoms with Gasteiger partial charge in [-0.15, -0.1) is 0 Å². The molecule has 0 fully saturated rings. The van der Waals surface area contributed by atoms with Crippen molar-refractivity contribution in [2.45, 2.75) is 6.42 Å². The van der Waals surface area contributed by atoms with Crippen molar-refractivity contribution in [3.05, 3.63) is 86.5 Å². The minimum absolute atomic E-state index is 0.153. The molecular weight excluding hydrogens is 450 g/mol. The normalized spacial score (nSPS) is 13.3. The first-order chi connectivity index (χ1) is 12.0. The zero-order valence-corrected chi connectivity index (χ0v) is 16.1. The van der Waals surface area contributed by atoms with E-state index in [2.05, 4.69) is 37.2 Å². The number of carbonyl (C=O) groups is 2. The van der Waals surface area contributed by atoms with Gasteiger partial charge in [-0.2, -0.15) is 0 Å². The lowest BCUT2D eigenvalue weighted by atomic mass is 10.0. The highest BCUT2D eigenvalue weighted by molar-refractivity contribution is 9.28. The van der Waals surface area contributed by atoms with Crippen LogP contribution in [-0.2, 0) is 16.0 Å².